The Hall–Kier alpha value is -2.74. The number of ether oxygens (including phenoxy) is 2. The monoisotopic (exact) mass is 478 g/mol. The van der Waals surface area contributed by atoms with Crippen molar-refractivity contribution >= 4 is 5.78 Å². The maximum absolute atomic E-state index is 12.7. The molecular formula is C22H21BrF2N2O3. The van der Waals surface area contributed by atoms with Gasteiger partial charge in [-0.15, -0.1) is 0 Å². The standard InChI is InChI=1S/C22H21F2N2O3.BrH/c1-28-17-8-4-15(5-9-17)19-13-25(21-3-2-12-26(19)21)14-20(27)16-6-10-18(11-7-16)29-22(23)24;/h4-11,13,22H,2-3,12,14H2,1H3;1H/q+1;/p-1. The number of imidazole rings is 1. The first-order valence-corrected chi connectivity index (χ1v) is 9.39. The van der Waals surface area contributed by atoms with Crippen LogP contribution in [0.25, 0.3) is 11.3 Å². The van der Waals surface area contributed by atoms with E-state index in [1.54, 1.807) is 7.11 Å². The number of nitrogens with zero attached hydrogens (tertiary/aromatic N) is 2. The van der Waals surface area contributed by atoms with Crippen LogP contribution in [0.4, 0.5) is 8.78 Å². The van der Waals surface area contributed by atoms with Crippen molar-refractivity contribution in [2.24, 2.45) is 0 Å². The van der Waals surface area contributed by atoms with Gasteiger partial charge in [0.15, 0.2) is 12.2 Å². The number of methoxy groups -OCH3 is 1. The molecule has 2 heterocycles. The number of carbonyl (C=O) groups is 1. The Balaban J connectivity index is 0.00000256. The first-order chi connectivity index (χ1) is 14.0. The largest absolute Gasteiger partial charge is 1.00 e. The fourth-order valence-corrected chi connectivity index (χ4v) is 3.71. The number of alkyl halides is 2. The van der Waals surface area contributed by atoms with Crippen molar-refractivity contribution < 1.29 is 44.6 Å². The zero-order chi connectivity index (χ0) is 20.4. The minimum absolute atomic E-state index is 0. The number of hydrogen-bond acceptors (Lipinski definition) is 3. The van der Waals surface area contributed by atoms with Gasteiger partial charge in [-0.3, -0.25) is 4.79 Å². The third kappa shape index (κ3) is 4.53. The molecule has 0 saturated heterocycles. The molecule has 1 aromatic heterocycles. The van der Waals surface area contributed by atoms with E-state index >= 15 is 0 Å². The van der Waals surface area contributed by atoms with Crippen LogP contribution in [0, 0.1) is 0 Å². The number of ketones is 1. The second-order valence-corrected chi connectivity index (χ2v) is 6.87. The van der Waals surface area contributed by atoms with Gasteiger partial charge in [0.2, 0.25) is 5.78 Å². The maximum atomic E-state index is 12.7. The summed E-state index contributed by atoms with van der Waals surface area (Å²) in [5.74, 6) is 1.86. The van der Waals surface area contributed by atoms with E-state index in [0.29, 0.717) is 5.56 Å². The van der Waals surface area contributed by atoms with E-state index in [9.17, 15) is 13.6 Å². The third-order valence-electron chi connectivity index (χ3n) is 5.10. The number of Topliss-reactive ketones (excluding diaryl/α,β-unsaturated/α-hetero) is 1. The average molecular weight is 479 g/mol. The molecule has 8 heteroatoms. The molecule has 0 N–H and O–H groups in total. The SMILES string of the molecule is COc1ccc(-c2c[n+](CC(=O)c3ccc(OC(F)F)cc3)c3n2CCC3)cc1.[Br-]. The Morgan fingerprint density at radius 1 is 1.10 bits per heavy atom. The molecule has 3 aromatic rings. The normalized spacial score (nSPS) is 12.4. The third-order valence-corrected chi connectivity index (χ3v) is 5.10. The van der Waals surface area contributed by atoms with Gasteiger partial charge < -0.3 is 26.5 Å². The van der Waals surface area contributed by atoms with Crippen LogP contribution in [0.3, 0.4) is 0 Å². The van der Waals surface area contributed by atoms with Crippen LogP contribution < -0.4 is 31.0 Å². The van der Waals surface area contributed by atoms with Crippen molar-refractivity contribution in [1.29, 1.82) is 0 Å². The summed E-state index contributed by atoms with van der Waals surface area (Å²) in [4.78, 5) is 12.7. The Morgan fingerprint density at radius 2 is 1.77 bits per heavy atom. The highest BCUT2D eigenvalue weighted by Crippen LogP contribution is 2.26. The Morgan fingerprint density at radius 3 is 2.40 bits per heavy atom. The fourth-order valence-electron chi connectivity index (χ4n) is 3.71. The summed E-state index contributed by atoms with van der Waals surface area (Å²) in [7, 11) is 1.63. The number of carbonyl (C=O) groups excluding carboxylic acids is 1. The first-order valence-electron chi connectivity index (χ1n) is 9.39. The second kappa shape index (κ2) is 9.38. The topological polar surface area (TPSA) is 44.3 Å². The molecule has 0 radical (unpaired) electrons. The first kappa shape index (κ1) is 22.0. The fraction of sp³-hybridized carbons (Fsp3) is 0.273. The summed E-state index contributed by atoms with van der Waals surface area (Å²) < 4.78 is 38.3. The number of hydrogen-bond donors (Lipinski definition) is 0. The summed E-state index contributed by atoms with van der Waals surface area (Å²) in [6, 6.07) is 13.7. The summed E-state index contributed by atoms with van der Waals surface area (Å²) in [6.07, 6.45) is 3.94. The van der Waals surface area contributed by atoms with Crippen LogP contribution in [0.1, 0.15) is 22.6 Å². The van der Waals surface area contributed by atoms with E-state index in [2.05, 4.69) is 9.30 Å². The molecule has 0 bridgehead atoms. The molecule has 0 amide bonds. The number of aromatic nitrogens is 2. The number of fused-ring (bicyclic) bond motifs is 1. The highest BCUT2D eigenvalue weighted by molar-refractivity contribution is 5.95. The molecule has 0 aliphatic carbocycles. The molecule has 158 valence electrons. The van der Waals surface area contributed by atoms with E-state index in [-0.39, 0.29) is 35.1 Å². The van der Waals surface area contributed by atoms with Gasteiger partial charge in [-0.05, 0) is 55.0 Å². The van der Waals surface area contributed by atoms with Gasteiger partial charge in [-0.2, -0.15) is 8.78 Å². The van der Waals surface area contributed by atoms with Crippen molar-refractivity contribution in [2.75, 3.05) is 7.11 Å². The van der Waals surface area contributed by atoms with Crippen LogP contribution >= 0.6 is 0 Å². The lowest BCUT2D eigenvalue weighted by atomic mass is 10.1. The maximum Gasteiger partial charge on any atom is 0.387 e. The van der Waals surface area contributed by atoms with Gasteiger partial charge in [-0.1, -0.05) is 0 Å². The van der Waals surface area contributed by atoms with Crippen molar-refractivity contribution in [3.8, 4) is 22.8 Å². The van der Waals surface area contributed by atoms with E-state index in [1.807, 2.05) is 35.0 Å². The summed E-state index contributed by atoms with van der Waals surface area (Å²) in [6.45, 7) is -1.77. The van der Waals surface area contributed by atoms with Gasteiger partial charge in [0.05, 0.1) is 20.1 Å². The second-order valence-electron chi connectivity index (χ2n) is 6.87. The van der Waals surface area contributed by atoms with Gasteiger partial charge in [-0.25, -0.2) is 9.13 Å². The summed E-state index contributed by atoms with van der Waals surface area (Å²) >= 11 is 0. The Bertz CT molecular complexity index is 1020. The number of halogens is 3. The molecule has 0 atom stereocenters. The predicted molar refractivity (Wildman–Crippen MR) is 102 cm³/mol. The van der Waals surface area contributed by atoms with Gasteiger partial charge in [0.1, 0.15) is 17.7 Å². The number of benzene rings is 2. The van der Waals surface area contributed by atoms with Crippen LogP contribution in [0.2, 0.25) is 0 Å². The quantitative estimate of drug-likeness (QED) is 0.374. The van der Waals surface area contributed by atoms with Crippen molar-refractivity contribution in [3.63, 3.8) is 0 Å². The molecule has 0 spiro atoms. The molecule has 1 aliphatic heterocycles. The predicted octanol–water partition coefficient (Wildman–Crippen LogP) is 0.886. The Labute approximate surface area is 183 Å². The molecule has 1 aliphatic rings. The molecule has 0 saturated carbocycles. The summed E-state index contributed by atoms with van der Waals surface area (Å²) in [5.41, 5.74) is 2.59. The van der Waals surface area contributed by atoms with Crippen LogP contribution in [0.5, 0.6) is 11.5 Å². The van der Waals surface area contributed by atoms with Crippen molar-refractivity contribution in [3.05, 3.63) is 66.1 Å². The van der Waals surface area contributed by atoms with Crippen LogP contribution in [0.15, 0.2) is 54.7 Å². The zero-order valence-electron chi connectivity index (χ0n) is 16.4. The minimum atomic E-state index is -2.88. The number of rotatable bonds is 7. The lowest BCUT2D eigenvalue weighted by Crippen LogP contribution is -3.00. The average Bonchev–Trinajstić information content (AvgIpc) is 3.32. The van der Waals surface area contributed by atoms with E-state index in [0.717, 1.165) is 42.2 Å². The van der Waals surface area contributed by atoms with E-state index < -0.39 is 6.61 Å². The highest BCUT2D eigenvalue weighted by Gasteiger charge is 2.29. The molecule has 4 rings (SSSR count). The van der Waals surface area contributed by atoms with Gasteiger partial charge >= 0.3 is 6.61 Å². The van der Waals surface area contributed by atoms with Crippen LogP contribution in [-0.4, -0.2) is 24.1 Å². The lowest BCUT2D eigenvalue weighted by Gasteiger charge is -2.05. The van der Waals surface area contributed by atoms with Crippen molar-refractivity contribution in [1.82, 2.24) is 4.57 Å². The van der Waals surface area contributed by atoms with Crippen molar-refractivity contribution in [2.45, 2.75) is 32.5 Å². The molecule has 0 unspecified atom stereocenters. The lowest BCUT2D eigenvalue weighted by molar-refractivity contribution is -0.689. The summed E-state index contributed by atoms with van der Waals surface area (Å²) in [5, 5.41) is 0. The molecule has 30 heavy (non-hydrogen) atoms. The van der Waals surface area contributed by atoms with E-state index in [1.165, 1.54) is 24.3 Å². The minimum Gasteiger partial charge on any atom is -1.00 e. The molecular weight excluding hydrogens is 458 g/mol. The Kier molecular flexibility index (Phi) is 6.87. The van der Waals surface area contributed by atoms with Gasteiger partial charge in [0, 0.05) is 11.1 Å². The molecule has 0 fully saturated rings. The molecule has 2 aromatic carbocycles. The zero-order valence-corrected chi connectivity index (χ0v) is 17.9. The van der Waals surface area contributed by atoms with Gasteiger partial charge in [0.25, 0.3) is 5.82 Å². The van der Waals surface area contributed by atoms with E-state index in [4.69, 9.17) is 4.74 Å². The smallest absolute Gasteiger partial charge is 0.387 e. The van der Waals surface area contributed by atoms with Crippen LogP contribution in [-0.2, 0) is 19.5 Å². The highest BCUT2D eigenvalue weighted by atomic mass is 79.9. The molecule has 5 nitrogen and oxygen atoms in total.